The Labute approximate surface area is 175 Å². The monoisotopic (exact) mass is 406 g/mol. The fraction of sp³-hybridized carbons (Fsp3) is 0.391. The van der Waals surface area contributed by atoms with Crippen molar-refractivity contribution in [3.63, 3.8) is 0 Å². The summed E-state index contributed by atoms with van der Waals surface area (Å²) in [7, 11) is 0. The van der Waals surface area contributed by atoms with Crippen LogP contribution in [0, 0.1) is 0 Å². The Morgan fingerprint density at radius 3 is 2.87 bits per heavy atom. The molecule has 0 bridgehead atoms. The second-order valence-corrected chi connectivity index (χ2v) is 7.60. The van der Waals surface area contributed by atoms with Crippen LogP contribution in [0.25, 0.3) is 10.9 Å². The van der Waals surface area contributed by atoms with Crippen molar-refractivity contribution in [2.75, 3.05) is 13.1 Å². The highest BCUT2D eigenvalue weighted by Crippen LogP contribution is 2.16. The molecule has 0 saturated carbocycles. The molecule has 0 N–H and O–H groups in total. The number of carbonyl (C=O) groups is 1. The van der Waals surface area contributed by atoms with Gasteiger partial charge in [0.25, 0.3) is 5.56 Å². The average molecular weight is 406 g/mol. The van der Waals surface area contributed by atoms with Gasteiger partial charge in [-0.1, -0.05) is 18.2 Å². The molecule has 4 rings (SSSR count). The summed E-state index contributed by atoms with van der Waals surface area (Å²) in [6.45, 7) is 2.32. The maximum absolute atomic E-state index is 12.7. The highest BCUT2D eigenvalue weighted by Gasteiger charge is 2.24. The van der Waals surface area contributed by atoms with E-state index in [1.54, 1.807) is 23.2 Å². The van der Waals surface area contributed by atoms with Crippen molar-refractivity contribution in [1.29, 1.82) is 0 Å². The normalized spacial score (nSPS) is 16.7. The number of carbonyl (C=O) groups excluding carboxylic acids is 1. The minimum Gasteiger partial charge on any atom is -0.370 e. The van der Waals surface area contributed by atoms with Crippen LogP contribution in [0.2, 0.25) is 0 Å². The van der Waals surface area contributed by atoms with Gasteiger partial charge in [0.2, 0.25) is 5.91 Å². The van der Waals surface area contributed by atoms with Crippen LogP contribution in [0.3, 0.4) is 0 Å². The molecule has 30 heavy (non-hydrogen) atoms. The number of pyridine rings is 1. The van der Waals surface area contributed by atoms with Crippen LogP contribution < -0.4 is 5.56 Å². The molecule has 1 aromatic carbocycles. The average Bonchev–Trinajstić information content (AvgIpc) is 2.80. The Hall–Kier alpha value is -3.06. The predicted molar refractivity (Wildman–Crippen MR) is 114 cm³/mol. The maximum Gasteiger partial charge on any atom is 0.261 e. The predicted octanol–water partition coefficient (Wildman–Crippen LogP) is 2.78. The third-order valence-electron chi connectivity index (χ3n) is 5.45. The molecule has 3 aromatic rings. The van der Waals surface area contributed by atoms with Crippen LogP contribution >= 0.6 is 0 Å². The molecule has 7 nitrogen and oxygen atoms in total. The SMILES string of the molecule is O=C(CCCn1cnc2ccccc2c1=O)N1CCCC(OCc2ccccn2)C1. The first-order valence-electron chi connectivity index (χ1n) is 10.4. The van der Waals surface area contributed by atoms with Crippen molar-refractivity contribution >= 4 is 16.8 Å². The number of aryl methyl sites for hydroxylation is 1. The Bertz CT molecular complexity index is 1050. The van der Waals surface area contributed by atoms with Gasteiger partial charge in [-0.05, 0) is 43.5 Å². The lowest BCUT2D eigenvalue weighted by Gasteiger charge is -2.32. The number of para-hydroxylation sites is 1. The van der Waals surface area contributed by atoms with E-state index in [4.69, 9.17) is 4.74 Å². The summed E-state index contributed by atoms with van der Waals surface area (Å²) in [4.78, 5) is 35.7. The van der Waals surface area contributed by atoms with E-state index in [1.165, 1.54) is 0 Å². The number of aromatic nitrogens is 3. The van der Waals surface area contributed by atoms with Crippen LogP contribution in [0.4, 0.5) is 0 Å². The Morgan fingerprint density at radius 2 is 2.00 bits per heavy atom. The third kappa shape index (κ3) is 4.91. The van der Waals surface area contributed by atoms with E-state index in [0.717, 1.165) is 25.1 Å². The van der Waals surface area contributed by atoms with Crippen LogP contribution in [0.15, 0.2) is 59.8 Å². The van der Waals surface area contributed by atoms with Gasteiger partial charge in [-0.3, -0.25) is 19.1 Å². The molecule has 1 aliphatic heterocycles. The molecule has 1 amide bonds. The summed E-state index contributed by atoms with van der Waals surface area (Å²) in [6.07, 6.45) is 6.27. The molecule has 2 aromatic heterocycles. The van der Waals surface area contributed by atoms with Crippen molar-refractivity contribution in [3.8, 4) is 0 Å². The van der Waals surface area contributed by atoms with Gasteiger partial charge < -0.3 is 9.64 Å². The van der Waals surface area contributed by atoms with Crippen LogP contribution in [-0.4, -0.2) is 44.5 Å². The van der Waals surface area contributed by atoms with Crippen molar-refractivity contribution in [2.45, 2.75) is 44.9 Å². The molecule has 1 atom stereocenters. The van der Waals surface area contributed by atoms with Gasteiger partial charge in [0, 0.05) is 32.3 Å². The van der Waals surface area contributed by atoms with E-state index >= 15 is 0 Å². The molecule has 0 spiro atoms. The Morgan fingerprint density at radius 1 is 1.13 bits per heavy atom. The fourth-order valence-electron chi connectivity index (χ4n) is 3.81. The molecule has 0 radical (unpaired) electrons. The second kappa shape index (κ2) is 9.63. The highest BCUT2D eigenvalue weighted by molar-refractivity contribution is 5.77. The summed E-state index contributed by atoms with van der Waals surface area (Å²) in [5, 5.41) is 0.607. The number of hydrogen-bond acceptors (Lipinski definition) is 5. The number of hydrogen-bond donors (Lipinski definition) is 0. The summed E-state index contributed by atoms with van der Waals surface area (Å²) in [5.74, 6) is 0.114. The zero-order chi connectivity index (χ0) is 20.8. The van der Waals surface area contributed by atoms with Gasteiger partial charge in [0.05, 0.1) is 35.6 Å². The second-order valence-electron chi connectivity index (χ2n) is 7.60. The minimum absolute atomic E-state index is 0.0389. The smallest absolute Gasteiger partial charge is 0.261 e. The molecular formula is C23H26N4O3. The first kappa shape index (κ1) is 20.2. The van der Waals surface area contributed by atoms with Gasteiger partial charge >= 0.3 is 0 Å². The van der Waals surface area contributed by atoms with Crippen molar-refractivity contribution in [3.05, 3.63) is 71.0 Å². The van der Waals surface area contributed by atoms with Gasteiger partial charge in [-0.2, -0.15) is 0 Å². The molecule has 1 unspecified atom stereocenters. The lowest BCUT2D eigenvalue weighted by molar-refractivity contribution is -0.135. The van der Waals surface area contributed by atoms with E-state index in [-0.39, 0.29) is 17.6 Å². The number of nitrogens with zero attached hydrogens (tertiary/aromatic N) is 4. The standard InChI is InChI=1S/C23H26N4O3/c28-22(11-6-14-27-17-25-21-10-2-1-9-20(21)23(27)29)26-13-5-8-19(15-26)30-16-18-7-3-4-12-24-18/h1-4,7,9-10,12,17,19H,5-6,8,11,13-16H2. The first-order chi connectivity index (χ1) is 14.7. The molecule has 1 fully saturated rings. The molecule has 1 saturated heterocycles. The zero-order valence-corrected chi connectivity index (χ0v) is 16.9. The van der Waals surface area contributed by atoms with Crippen molar-refractivity contribution < 1.29 is 9.53 Å². The fourth-order valence-corrected chi connectivity index (χ4v) is 3.81. The maximum atomic E-state index is 12.7. The molecule has 1 aliphatic rings. The number of piperidine rings is 1. The topological polar surface area (TPSA) is 77.3 Å². The number of rotatable bonds is 7. The van der Waals surface area contributed by atoms with Crippen LogP contribution in [-0.2, 0) is 22.7 Å². The quantitative estimate of drug-likeness (QED) is 0.603. The zero-order valence-electron chi connectivity index (χ0n) is 16.9. The Balaban J connectivity index is 1.26. The number of amides is 1. The van der Waals surface area contributed by atoms with Gasteiger partial charge in [0.1, 0.15) is 0 Å². The van der Waals surface area contributed by atoms with Crippen LogP contribution in [0.5, 0.6) is 0 Å². The van der Waals surface area contributed by atoms with E-state index in [9.17, 15) is 9.59 Å². The number of ether oxygens (including phenoxy) is 1. The summed E-state index contributed by atoms with van der Waals surface area (Å²) in [6, 6.07) is 13.1. The lowest BCUT2D eigenvalue weighted by atomic mass is 10.1. The van der Waals surface area contributed by atoms with E-state index in [0.29, 0.717) is 43.4 Å². The summed E-state index contributed by atoms with van der Waals surface area (Å²) in [5.41, 5.74) is 1.53. The molecular weight excluding hydrogens is 380 g/mol. The highest BCUT2D eigenvalue weighted by atomic mass is 16.5. The van der Waals surface area contributed by atoms with Gasteiger partial charge in [0.15, 0.2) is 0 Å². The van der Waals surface area contributed by atoms with Crippen LogP contribution in [0.1, 0.15) is 31.4 Å². The van der Waals surface area contributed by atoms with E-state index < -0.39 is 0 Å². The minimum atomic E-state index is -0.0611. The molecule has 0 aliphatic carbocycles. The van der Waals surface area contributed by atoms with Gasteiger partial charge in [-0.25, -0.2) is 4.98 Å². The molecule has 3 heterocycles. The lowest BCUT2D eigenvalue weighted by Crippen LogP contribution is -2.43. The van der Waals surface area contributed by atoms with E-state index in [2.05, 4.69) is 9.97 Å². The van der Waals surface area contributed by atoms with Crippen molar-refractivity contribution in [2.24, 2.45) is 0 Å². The number of fused-ring (bicyclic) bond motifs is 1. The number of likely N-dealkylation sites (tertiary alicyclic amines) is 1. The molecule has 7 heteroatoms. The Kier molecular flexibility index (Phi) is 6.49. The first-order valence-corrected chi connectivity index (χ1v) is 10.4. The number of benzene rings is 1. The summed E-state index contributed by atoms with van der Waals surface area (Å²) >= 11 is 0. The van der Waals surface area contributed by atoms with E-state index in [1.807, 2.05) is 41.3 Å². The summed E-state index contributed by atoms with van der Waals surface area (Å²) < 4.78 is 7.56. The third-order valence-corrected chi connectivity index (χ3v) is 5.45. The van der Waals surface area contributed by atoms with Crippen molar-refractivity contribution in [1.82, 2.24) is 19.4 Å². The largest absolute Gasteiger partial charge is 0.370 e. The molecule has 156 valence electrons. The van der Waals surface area contributed by atoms with Gasteiger partial charge in [-0.15, -0.1) is 0 Å².